The second-order valence-electron chi connectivity index (χ2n) is 12.2. The van der Waals surface area contributed by atoms with Crippen LogP contribution in [0.5, 0.6) is 5.75 Å². The van der Waals surface area contributed by atoms with Crippen LogP contribution in [0.15, 0.2) is 91.1 Å². The minimum atomic E-state index is -1.21. The van der Waals surface area contributed by atoms with E-state index in [4.69, 9.17) is 4.74 Å². The molecular weight excluding hydrogens is 588 g/mol. The Morgan fingerprint density at radius 3 is 1.89 bits per heavy atom. The van der Waals surface area contributed by atoms with Crippen LogP contribution in [0.3, 0.4) is 0 Å². The number of rotatable bonds is 24. The molecule has 0 saturated heterocycles. The van der Waals surface area contributed by atoms with Crippen molar-refractivity contribution in [3.05, 3.63) is 102 Å². The highest BCUT2D eigenvalue weighted by atomic mass is 16.5. The first-order valence-corrected chi connectivity index (χ1v) is 17.0. The molecule has 7 heteroatoms. The van der Waals surface area contributed by atoms with Gasteiger partial charge in [0.05, 0.1) is 6.61 Å². The van der Waals surface area contributed by atoms with Crippen LogP contribution < -0.4 is 15.4 Å². The van der Waals surface area contributed by atoms with Gasteiger partial charge in [-0.15, -0.1) is 0 Å². The number of aryl methyl sites for hydroxylation is 2. The summed E-state index contributed by atoms with van der Waals surface area (Å²) in [4.78, 5) is 36.9. The largest absolute Gasteiger partial charge is 0.493 e. The normalized spacial score (nSPS) is 13.1. The predicted octanol–water partition coefficient (Wildman–Crippen LogP) is 8.65. The molecule has 258 valence electrons. The van der Waals surface area contributed by atoms with Crippen molar-refractivity contribution in [3.8, 4) is 5.75 Å². The van der Waals surface area contributed by atoms with Gasteiger partial charge in [0, 0.05) is 18.4 Å². The van der Waals surface area contributed by atoms with Crippen LogP contribution in [-0.2, 0) is 14.4 Å². The standard InChI is InChI=1S/C40H58N2O5/c1-6-7-8-9-10-11-12-13-14-15-16-17-18-19-20-21-22-23-24-26-37(43)41-32-35(38(44)45)42-39(46)40(4,5)29-25-30-47-36-31-33(2)27-28-34(36)3/h7-8,10-11,13-14,16-17,19-20,22-23,27-28,31,35H,6,9,12,15,18,21,24-26,29-30,32H2,1-5H3,(H,41,43)(H,42,46)(H,44,45)/b8-7-,11-10-,14-13-,17-16-,20-19-,23-22-. The molecule has 0 radical (unpaired) electrons. The van der Waals surface area contributed by atoms with Crippen molar-refractivity contribution in [1.82, 2.24) is 10.6 Å². The molecule has 1 aromatic carbocycles. The molecular formula is C40H58N2O5. The highest BCUT2D eigenvalue weighted by Gasteiger charge is 2.31. The number of amides is 2. The average Bonchev–Trinajstić information content (AvgIpc) is 3.03. The van der Waals surface area contributed by atoms with E-state index in [0.717, 1.165) is 55.4 Å². The number of benzene rings is 1. The minimum absolute atomic E-state index is 0.171. The van der Waals surface area contributed by atoms with Crippen LogP contribution in [0.25, 0.3) is 0 Å². The second-order valence-corrected chi connectivity index (χ2v) is 12.2. The number of carbonyl (C=O) groups is 3. The summed E-state index contributed by atoms with van der Waals surface area (Å²) < 4.78 is 5.89. The zero-order valence-corrected chi connectivity index (χ0v) is 29.3. The smallest absolute Gasteiger partial charge is 0.328 e. The summed E-state index contributed by atoms with van der Waals surface area (Å²) in [6.45, 7) is 9.98. The Morgan fingerprint density at radius 2 is 1.36 bits per heavy atom. The Labute approximate surface area is 283 Å². The molecule has 1 unspecified atom stereocenters. The lowest BCUT2D eigenvalue weighted by molar-refractivity contribution is -0.143. The Hall–Kier alpha value is -4.13. The fourth-order valence-corrected chi connectivity index (χ4v) is 4.38. The topological polar surface area (TPSA) is 105 Å². The predicted molar refractivity (Wildman–Crippen MR) is 194 cm³/mol. The summed E-state index contributed by atoms with van der Waals surface area (Å²) in [5.74, 6) is -0.990. The highest BCUT2D eigenvalue weighted by Crippen LogP contribution is 2.24. The molecule has 2 amide bonds. The number of allylic oxidation sites excluding steroid dienone is 12. The fraction of sp³-hybridized carbons (Fsp3) is 0.475. The minimum Gasteiger partial charge on any atom is -0.493 e. The van der Waals surface area contributed by atoms with Gasteiger partial charge in [0.1, 0.15) is 11.8 Å². The van der Waals surface area contributed by atoms with Gasteiger partial charge >= 0.3 is 5.97 Å². The molecule has 3 N–H and O–H groups in total. The number of hydrogen-bond donors (Lipinski definition) is 3. The molecule has 0 aromatic heterocycles. The van der Waals surface area contributed by atoms with Crippen molar-refractivity contribution in [3.63, 3.8) is 0 Å². The van der Waals surface area contributed by atoms with Gasteiger partial charge in [-0.25, -0.2) is 4.79 Å². The first-order chi connectivity index (χ1) is 22.6. The maximum atomic E-state index is 12.9. The van der Waals surface area contributed by atoms with E-state index in [1.807, 2.05) is 44.2 Å². The number of aliphatic carboxylic acids is 1. The number of carboxylic acid groups (broad SMARTS) is 1. The lowest BCUT2D eigenvalue weighted by atomic mass is 9.86. The SMILES string of the molecule is CC/C=C\C/C=C\C/C=C\C/C=C\C/C=C\C/C=C\CCC(=O)NCC(NC(=O)C(C)(C)CCCOc1cc(C)ccc1C)C(=O)O. The molecule has 0 fully saturated rings. The average molecular weight is 647 g/mol. The molecule has 0 aliphatic rings. The van der Waals surface area contributed by atoms with Gasteiger partial charge in [-0.3, -0.25) is 9.59 Å². The quantitative estimate of drug-likeness (QED) is 0.0770. The number of ether oxygens (including phenoxy) is 1. The molecule has 1 atom stereocenters. The number of hydrogen-bond acceptors (Lipinski definition) is 4. The van der Waals surface area contributed by atoms with Crippen molar-refractivity contribution < 1.29 is 24.2 Å². The highest BCUT2D eigenvalue weighted by molar-refractivity contribution is 5.87. The second kappa shape index (κ2) is 25.0. The fourth-order valence-electron chi connectivity index (χ4n) is 4.38. The van der Waals surface area contributed by atoms with Crippen LogP contribution in [0.4, 0.5) is 0 Å². The zero-order chi connectivity index (χ0) is 34.8. The van der Waals surface area contributed by atoms with Crippen molar-refractivity contribution in [2.24, 2.45) is 5.41 Å². The maximum absolute atomic E-state index is 12.9. The first kappa shape index (κ1) is 40.9. The van der Waals surface area contributed by atoms with Gasteiger partial charge < -0.3 is 20.5 Å². The van der Waals surface area contributed by atoms with Crippen LogP contribution >= 0.6 is 0 Å². The molecule has 0 aliphatic carbocycles. The van der Waals surface area contributed by atoms with Gasteiger partial charge in [-0.2, -0.15) is 0 Å². The molecule has 0 heterocycles. The monoisotopic (exact) mass is 646 g/mol. The van der Waals surface area contributed by atoms with Crippen molar-refractivity contribution in [2.75, 3.05) is 13.2 Å². The van der Waals surface area contributed by atoms with Crippen LogP contribution in [0, 0.1) is 19.3 Å². The van der Waals surface area contributed by atoms with Crippen molar-refractivity contribution >= 4 is 17.8 Å². The molecule has 0 spiro atoms. The Balaban J connectivity index is 2.24. The van der Waals surface area contributed by atoms with E-state index >= 15 is 0 Å². The van der Waals surface area contributed by atoms with E-state index in [2.05, 4.69) is 78.3 Å². The Morgan fingerprint density at radius 1 is 0.830 bits per heavy atom. The summed E-state index contributed by atoms with van der Waals surface area (Å²) in [6.07, 6.45) is 33.2. The molecule has 1 rings (SSSR count). The lowest BCUT2D eigenvalue weighted by Gasteiger charge is -2.26. The van der Waals surface area contributed by atoms with Crippen LogP contribution in [0.1, 0.15) is 96.1 Å². The van der Waals surface area contributed by atoms with Crippen LogP contribution in [-0.4, -0.2) is 42.1 Å². The Kier molecular flexibility index (Phi) is 21.8. The summed E-state index contributed by atoms with van der Waals surface area (Å²) in [5.41, 5.74) is 1.38. The Bertz CT molecular complexity index is 1250. The summed E-state index contributed by atoms with van der Waals surface area (Å²) >= 11 is 0. The third-order valence-electron chi connectivity index (χ3n) is 7.40. The van der Waals surface area contributed by atoms with E-state index in [-0.39, 0.29) is 24.8 Å². The number of carbonyl (C=O) groups excluding carboxylic acids is 2. The summed E-state index contributed by atoms with van der Waals surface area (Å²) in [7, 11) is 0. The molecule has 7 nitrogen and oxygen atoms in total. The number of carboxylic acids is 1. The van der Waals surface area contributed by atoms with Gasteiger partial charge in [-0.05, 0) is 88.8 Å². The molecule has 0 saturated carbocycles. The van der Waals surface area contributed by atoms with E-state index in [9.17, 15) is 19.5 Å². The van der Waals surface area contributed by atoms with E-state index in [1.165, 1.54) is 0 Å². The van der Waals surface area contributed by atoms with Gasteiger partial charge in [0.15, 0.2) is 0 Å². The van der Waals surface area contributed by atoms with E-state index < -0.39 is 17.4 Å². The van der Waals surface area contributed by atoms with E-state index in [1.54, 1.807) is 13.8 Å². The zero-order valence-electron chi connectivity index (χ0n) is 29.3. The van der Waals surface area contributed by atoms with Crippen molar-refractivity contribution in [1.29, 1.82) is 0 Å². The third-order valence-corrected chi connectivity index (χ3v) is 7.40. The maximum Gasteiger partial charge on any atom is 0.328 e. The molecule has 1 aromatic rings. The third kappa shape index (κ3) is 20.6. The van der Waals surface area contributed by atoms with Crippen LogP contribution in [0.2, 0.25) is 0 Å². The van der Waals surface area contributed by atoms with E-state index in [0.29, 0.717) is 25.9 Å². The van der Waals surface area contributed by atoms with Gasteiger partial charge in [-0.1, -0.05) is 106 Å². The van der Waals surface area contributed by atoms with Crippen molar-refractivity contribution in [2.45, 2.75) is 105 Å². The first-order valence-electron chi connectivity index (χ1n) is 17.0. The molecule has 0 bridgehead atoms. The van der Waals surface area contributed by atoms with Gasteiger partial charge in [0.2, 0.25) is 11.8 Å². The summed E-state index contributed by atoms with van der Waals surface area (Å²) in [6, 6.07) is 4.83. The molecule has 0 aliphatic heterocycles. The molecule has 47 heavy (non-hydrogen) atoms. The summed E-state index contributed by atoms with van der Waals surface area (Å²) in [5, 5.41) is 14.8. The number of nitrogens with one attached hydrogen (secondary N) is 2. The van der Waals surface area contributed by atoms with Gasteiger partial charge in [0.25, 0.3) is 0 Å². The lowest BCUT2D eigenvalue weighted by Crippen LogP contribution is -2.51.